The van der Waals surface area contributed by atoms with Gasteiger partial charge >= 0.3 is 0 Å². The summed E-state index contributed by atoms with van der Waals surface area (Å²) in [5.41, 5.74) is 0.0764. The molecule has 5 heteroatoms. The van der Waals surface area contributed by atoms with Crippen molar-refractivity contribution >= 4 is 5.91 Å². The Bertz CT molecular complexity index is 378. The van der Waals surface area contributed by atoms with Gasteiger partial charge in [-0.25, -0.2) is 4.98 Å². The number of nitrogens with one attached hydrogen (secondary N) is 1. The van der Waals surface area contributed by atoms with E-state index in [2.05, 4.69) is 42.9 Å². The zero-order chi connectivity index (χ0) is 13.1. The molecule has 17 heavy (non-hydrogen) atoms. The highest BCUT2D eigenvalue weighted by Gasteiger charge is 2.21. The first-order valence-corrected chi connectivity index (χ1v) is 6.00. The van der Waals surface area contributed by atoms with E-state index in [-0.39, 0.29) is 17.1 Å². The Balaban J connectivity index is 2.68. The predicted molar refractivity (Wildman–Crippen MR) is 66.8 cm³/mol. The van der Waals surface area contributed by atoms with Crippen LogP contribution >= 0.6 is 0 Å². The highest BCUT2D eigenvalue weighted by molar-refractivity contribution is 5.90. The van der Waals surface area contributed by atoms with E-state index in [0.717, 1.165) is 18.7 Å². The Kier molecular flexibility index (Phi) is 4.26. The molecule has 0 aliphatic rings. The summed E-state index contributed by atoms with van der Waals surface area (Å²) < 4.78 is 0. The van der Waals surface area contributed by atoms with Gasteiger partial charge in [-0.2, -0.15) is 0 Å². The minimum Gasteiger partial charge on any atom is -0.338 e. The number of aromatic nitrogens is 3. The average Bonchev–Trinajstić information content (AvgIpc) is 2.63. The Labute approximate surface area is 103 Å². The van der Waals surface area contributed by atoms with Crippen LogP contribution in [0, 0.1) is 5.41 Å². The van der Waals surface area contributed by atoms with Crippen molar-refractivity contribution in [2.24, 2.45) is 5.41 Å². The lowest BCUT2D eigenvalue weighted by atomic mass is 9.96. The van der Waals surface area contributed by atoms with E-state index >= 15 is 0 Å². The summed E-state index contributed by atoms with van der Waals surface area (Å²) in [5.74, 6) is 0.915. The maximum Gasteiger partial charge on any atom is 0.293 e. The molecule has 1 aromatic heterocycles. The molecular formula is C12H22N4O. The van der Waals surface area contributed by atoms with Crippen molar-refractivity contribution in [3.8, 4) is 0 Å². The second-order valence-corrected chi connectivity index (χ2v) is 5.58. The number of hydrogen-bond acceptors (Lipinski definition) is 3. The Morgan fingerprint density at radius 1 is 1.41 bits per heavy atom. The predicted octanol–water partition coefficient (Wildman–Crippen LogP) is 1.88. The van der Waals surface area contributed by atoms with Crippen molar-refractivity contribution in [3.05, 3.63) is 11.6 Å². The van der Waals surface area contributed by atoms with Crippen molar-refractivity contribution in [2.45, 2.75) is 40.5 Å². The summed E-state index contributed by atoms with van der Waals surface area (Å²) in [5, 5.41) is 6.76. The molecule has 0 aliphatic carbocycles. The molecule has 0 bridgehead atoms. The van der Waals surface area contributed by atoms with Gasteiger partial charge < -0.3 is 4.90 Å². The molecule has 0 radical (unpaired) electrons. The summed E-state index contributed by atoms with van der Waals surface area (Å²) in [6.07, 6.45) is 1.81. The maximum atomic E-state index is 12.0. The first kappa shape index (κ1) is 13.7. The van der Waals surface area contributed by atoms with E-state index in [1.54, 1.807) is 11.9 Å². The first-order chi connectivity index (χ1) is 7.83. The average molecular weight is 238 g/mol. The zero-order valence-electron chi connectivity index (χ0n) is 11.4. The quantitative estimate of drug-likeness (QED) is 0.871. The first-order valence-electron chi connectivity index (χ1n) is 6.00. The fourth-order valence-electron chi connectivity index (χ4n) is 1.69. The molecular weight excluding hydrogens is 216 g/mol. The van der Waals surface area contributed by atoms with Crippen LogP contribution in [0.5, 0.6) is 0 Å². The molecule has 1 aromatic rings. The summed E-state index contributed by atoms with van der Waals surface area (Å²) in [4.78, 5) is 17.9. The second-order valence-electron chi connectivity index (χ2n) is 5.58. The largest absolute Gasteiger partial charge is 0.338 e. The van der Waals surface area contributed by atoms with Gasteiger partial charge in [-0.05, 0) is 11.8 Å². The Morgan fingerprint density at radius 2 is 2.06 bits per heavy atom. The minimum atomic E-state index is -0.126. The van der Waals surface area contributed by atoms with Crippen LogP contribution in [-0.2, 0) is 6.42 Å². The summed E-state index contributed by atoms with van der Waals surface area (Å²) in [6, 6.07) is 0. The van der Waals surface area contributed by atoms with Crippen LogP contribution in [0.3, 0.4) is 0 Å². The van der Waals surface area contributed by atoms with E-state index in [9.17, 15) is 4.79 Å². The lowest BCUT2D eigenvalue weighted by Gasteiger charge is -2.25. The topological polar surface area (TPSA) is 61.9 Å². The van der Waals surface area contributed by atoms with E-state index < -0.39 is 0 Å². The normalized spacial score (nSPS) is 11.6. The van der Waals surface area contributed by atoms with Gasteiger partial charge in [0.15, 0.2) is 0 Å². The number of nitrogens with zero attached hydrogens (tertiary/aromatic N) is 3. The standard InChI is InChI=1S/C12H22N4O/c1-6-7-9-13-10(15-14-9)11(17)16(5)8-12(2,3)4/h6-8H2,1-5H3,(H,13,14,15). The smallest absolute Gasteiger partial charge is 0.293 e. The number of aryl methyl sites for hydroxylation is 1. The molecule has 1 amide bonds. The fourth-order valence-corrected chi connectivity index (χ4v) is 1.69. The minimum absolute atomic E-state index is 0.0764. The molecule has 1 rings (SSSR count). The van der Waals surface area contributed by atoms with Crippen LogP contribution in [0.2, 0.25) is 0 Å². The van der Waals surface area contributed by atoms with Gasteiger partial charge in [0.05, 0.1) is 0 Å². The monoisotopic (exact) mass is 238 g/mol. The van der Waals surface area contributed by atoms with Crippen LogP contribution < -0.4 is 0 Å². The lowest BCUT2D eigenvalue weighted by molar-refractivity contribution is 0.0734. The van der Waals surface area contributed by atoms with Gasteiger partial charge in [0.2, 0.25) is 5.82 Å². The Hall–Kier alpha value is -1.39. The van der Waals surface area contributed by atoms with Crippen LogP contribution in [-0.4, -0.2) is 39.6 Å². The summed E-state index contributed by atoms with van der Waals surface area (Å²) in [6.45, 7) is 9.03. The number of carbonyl (C=O) groups is 1. The number of aromatic amines is 1. The molecule has 0 fully saturated rings. The van der Waals surface area contributed by atoms with Gasteiger partial charge in [-0.15, -0.1) is 5.10 Å². The number of rotatable bonds is 4. The number of H-pyrrole nitrogens is 1. The Morgan fingerprint density at radius 3 is 2.59 bits per heavy atom. The molecule has 5 nitrogen and oxygen atoms in total. The van der Waals surface area contributed by atoms with Crippen LogP contribution in [0.4, 0.5) is 0 Å². The molecule has 0 spiro atoms. The SMILES string of the molecule is CCCc1nc(C(=O)N(C)CC(C)(C)C)n[nH]1. The van der Waals surface area contributed by atoms with Gasteiger partial charge in [0.25, 0.3) is 5.91 Å². The molecule has 96 valence electrons. The molecule has 0 atom stereocenters. The van der Waals surface area contributed by atoms with E-state index in [4.69, 9.17) is 0 Å². The highest BCUT2D eigenvalue weighted by atomic mass is 16.2. The van der Waals surface area contributed by atoms with Crippen LogP contribution in [0.15, 0.2) is 0 Å². The van der Waals surface area contributed by atoms with Crippen LogP contribution in [0.25, 0.3) is 0 Å². The van der Waals surface area contributed by atoms with Crippen molar-refractivity contribution in [1.29, 1.82) is 0 Å². The van der Waals surface area contributed by atoms with Gasteiger partial charge in [0, 0.05) is 20.0 Å². The number of hydrogen-bond donors (Lipinski definition) is 1. The maximum absolute atomic E-state index is 12.0. The third-order valence-corrected chi connectivity index (χ3v) is 2.27. The van der Waals surface area contributed by atoms with Crippen molar-refractivity contribution in [2.75, 3.05) is 13.6 Å². The van der Waals surface area contributed by atoms with Gasteiger partial charge in [0.1, 0.15) is 5.82 Å². The molecule has 1 heterocycles. The molecule has 0 saturated heterocycles. The molecule has 1 N–H and O–H groups in total. The van der Waals surface area contributed by atoms with Crippen molar-refractivity contribution in [3.63, 3.8) is 0 Å². The number of carbonyl (C=O) groups excluding carboxylic acids is 1. The van der Waals surface area contributed by atoms with Gasteiger partial charge in [-0.1, -0.05) is 27.7 Å². The highest BCUT2D eigenvalue weighted by Crippen LogP contribution is 2.15. The molecule has 0 aromatic carbocycles. The van der Waals surface area contributed by atoms with E-state index in [0.29, 0.717) is 6.54 Å². The molecule has 0 unspecified atom stereocenters. The second kappa shape index (κ2) is 5.29. The third kappa shape index (κ3) is 4.17. The molecule has 0 aliphatic heterocycles. The third-order valence-electron chi connectivity index (χ3n) is 2.27. The summed E-state index contributed by atoms with van der Waals surface area (Å²) in [7, 11) is 1.78. The zero-order valence-corrected chi connectivity index (χ0v) is 11.4. The number of amides is 1. The van der Waals surface area contributed by atoms with Crippen LogP contribution in [0.1, 0.15) is 50.6 Å². The van der Waals surface area contributed by atoms with E-state index in [1.807, 2.05) is 0 Å². The summed E-state index contributed by atoms with van der Waals surface area (Å²) >= 11 is 0. The lowest BCUT2D eigenvalue weighted by Crippen LogP contribution is -2.35. The van der Waals surface area contributed by atoms with Gasteiger partial charge in [-0.3, -0.25) is 9.89 Å². The van der Waals surface area contributed by atoms with E-state index in [1.165, 1.54) is 0 Å². The fraction of sp³-hybridized carbons (Fsp3) is 0.750. The van der Waals surface area contributed by atoms with Crippen molar-refractivity contribution in [1.82, 2.24) is 20.1 Å². The molecule has 0 saturated carbocycles. The van der Waals surface area contributed by atoms with Crippen molar-refractivity contribution < 1.29 is 4.79 Å².